The maximum absolute atomic E-state index is 10.8. The molecule has 17 heavy (non-hydrogen) atoms. The number of aryl methyl sites for hydroxylation is 1. The zero-order valence-electron chi connectivity index (χ0n) is 10.8. The zero-order chi connectivity index (χ0) is 12.5. The summed E-state index contributed by atoms with van der Waals surface area (Å²) in [5.41, 5.74) is 1.33. The minimum atomic E-state index is 0.459. The molecule has 4 heteroatoms. The van der Waals surface area contributed by atoms with Crippen molar-refractivity contribution in [3.8, 4) is 0 Å². The molecular formula is C13H20N2OS. The van der Waals surface area contributed by atoms with E-state index < -0.39 is 0 Å². The topological polar surface area (TPSA) is 33.2 Å². The summed E-state index contributed by atoms with van der Waals surface area (Å²) < 4.78 is 0. The van der Waals surface area contributed by atoms with Gasteiger partial charge in [-0.3, -0.25) is 4.79 Å². The molecule has 1 fully saturated rings. The molecule has 1 aliphatic rings. The summed E-state index contributed by atoms with van der Waals surface area (Å²) in [6, 6.07) is 0. The van der Waals surface area contributed by atoms with Gasteiger partial charge < -0.3 is 4.90 Å². The molecule has 0 aromatic carbocycles. The fourth-order valence-electron chi connectivity index (χ4n) is 2.56. The predicted octanol–water partition coefficient (Wildman–Crippen LogP) is 3.28. The molecule has 94 valence electrons. The molecule has 0 spiro atoms. The molecule has 1 aromatic heterocycles. The lowest BCUT2D eigenvalue weighted by atomic mass is 9.82. The van der Waals surface area contributed by atoms with Crippen LogP contribution in [0.4, 0.5) is 5.13 Å². The molecule has 0 atom stereocenters. The number of anilines is 1. The number of aromatic nitrogens is 1. The summed E-state index contributed by atoms with van der Waals surface area (Å²) in [6.07, 6.45) is 4.62. The van der Waals surface area contributed by atoms with Crippen molar-refractivity contribution < 1.29 is 4.79 Å². The van der Waals surface area contributed by atoms with Crippen LogP contribution in [0.3, 0.4) is 0 Å². The first kappa shape index (κ1) is 12.6. The molecule has 1 aromatic rings. The van der Waals surface area contributed by atoms with Gasteiger partial charge in [0.1, 0.15) is 0 Å². The van der Waals surface area contributed by atoms with Crippen LogP contribution >= 0.6 is 11.3 Å². The van der Waals surface area contributed by atoms with E-state index in [1.807, 2.05) is 6.92 Å². The summed E-state index contributed by atoms with van der Waals surface area (Å²) in [6.45, 7) is 8.62. The standard InChI is InChI=1S/C13H20N2OS/c1-4-13(5-2)6-7-15(9-13)12-14-10(3)11(8-16)17-12/h8H,4-7,9H2,1-3H3. The van der Waals surface area contributed by atoms with Crippen molar-refractivity contribution in [2.24, 2.45) is 5.41 Å². The maximum Gasteiger partial charge on any atom is 0.186 e. The van der Waals surface area contributed by atoms with Gasteiger partial charge in [0, 0.05) is 13.1 Å². The Morgan fingerprint density at radius 2 is 2.18 bits per heavy atom. The maximum atomic E-state index is 10.8. The number of rotatable bonds is 4. The number of hydrogen-bond acceptors (Lipinski definition) is 4. The van der Waals surface area contributed by atoms with E-state index in [4.69, 9.17) is 0 Å². The molecule has 0 N–H and O–H groups in total. The van der Waals surface area contributed by atoms with Crippen LogP contribution in [-0.2, 0) is 0 Å². The first-order chi connectivity index (χ1) is 8.14. The molecule has 2 heterocycles. The average Bonchev–Trinajstić information content (AvgIpc) is 2.93. The number of carbonyl (C=O) groups is 1. The van der Waals surface area contributed by atoms with Crippen molar-refractivity contribution in [1.29, 1.82) is 0 Å². The largest absolute Gasteiger partial charge is 0.347 e. The fourth-order valence-corrected chi connectivity index (χ4v) is 3.47. The molecule has 0 amide bonds. The van der Waals surface area contributed by atoms with Crippen LogP contribution in [-0.4, -0.2) is 24.4 Å². The third-order valence-corrected chi connectivity index (χ3v) is 5.28. The minimum absolute atomic E-state index is 0.459. The number of aldehydes is 1. The van der Waals surface area contributed by atoms with Gasteiger partial charge in [0.15, 0.2) is 11.4 Å². The number of thiazole rings is 1. The SMILES string of the molecule is CCC1(CC)CCN(c2nc(C)c(C=O)s2)C1. The van der Waals surface area contributed by atoms with Crippen LogP contribution in [0, 0.1) is 12.3 Å². The lowest BCUT2D eigenvalue weighted by Gasteiger charge is -2.26. The van der Waals surface area contributed by atoms with Crippen molar-refractivity contribution in [2.75, 3.05) is 18.0 Å². The zero-order valence-corrected chi connectivity index (χ0v) is 11.6. The van der Waals surface area contributed by atoms with Crippen LogP contribution in [0.2, 0.25) is 0 Å². The van der Waals surface area contributed by atoms with Crippen LogP contribution in [0.25, 0.3) is 0 Å². The molecule has 0 radical (unpaired) electrons. The van der Waals surface area contributed by atoms with Crippen molar-refractivity contribution >= 4 is 22.8 Å². The second-order valence-electron chi connectivity index (χ2n) is 4.94. The average molecular weight is 252 g/mol. The highest BCUT2D eigenvalue weighted by molar-refractivity contribution is 7.17. The third-order valence-electron chi connectivity index (χ3n) is 4.14. The first-order valence-corrected chi connectivity index (χ1v) is 7.13. The van der Waals surface area contributed by atoms with E-state index in [1.165, 1.54) is 30.6 Å². The lowest BCUT2D eigenvalue weighted by molar-refractivity contribution is 0.112. The Kier molecular flexibility index (Phi) is 3.52. The van der Waals surface area contributed by atoms with Gasteiger partial charge in [-0.2, -0.15) is 0 Å². The van der Waals surface area contributed by atoms with Gasteiger partial charge in [-0.1, -0.05) is 25.2 Å². The molecular weight excluding hydrogens is 232 g/mol. The van der Waals surface area contributed by atoms with Gasteiger partial charge in [-0.15, -0.1) is 0 Å². The van der Waals surface area contributed by atoms with E-state index in [-0.39, 0.29) is 0 Å². The van der Waals surface area contributed by atoms with Gasteiger partial charge in [0.2, 0.25) is 0 Å². The fraction of sp³-hybridized carbons (Fsp3) is 0.692. The third kappa shape index (κ3) is 2.23. The van der Waals surface area contributed by atoms with Gasteiger partial charge in [0.25, 0.3) is 0 Å². The highest BCUT2D eigenvalue weighted by Crippen LogP contribution is 2.40. The minimum Gasteiger partial charge on any atom is -0.347 e. The smallest absolute Gasteiger partial charge is 0.186 e. The molecule has 0 saturated carbocycles. The number of hydrogen-bond donors (Lipinski definition) is 0. The van der Waals surface area contributed by atoms with Gasteiger partial charge in [0.05, 0.1) is 10.6 Å². The summed E-state index contributed by atoms with van der Waals surface area (Å²) >= 11 is 1.53. The first-order valence-electron chi connectivity index (χ1n) is 6.31. The van der Waals surface area contributed by atoms with E-state index in [1.54, 1.807) is 0 Å². The molecule has 0 aliphatic carbocycles. The summed E-state index contributed by atoms with van der Waals surface area (Å²) in [4.78, 5) is 18.5. The van der Waals surface area contributed by atoms with E-state index in [2.05, 4.69) is 23.7 Å². The Bertz CT molecular complexity index is 410. The Morgan fingerprint density at radius 3 is 2.65 bits per heavy atom. The highest BCUT2D eigenvalue weighted by atomic mass is 32.1. The monoisotopic (exact) mass is 252 g/mol. The van der Waals surface area contributed by atoms with Crippen LogP contribution in [0.1, 0.15) is 48.5 Å². The van der Waals surface area contributed by atoms with Crippen molar-refractivity contribution in [2.45, 2.75) is 40.0 Å². The molecule has 1 saturated heterocycles. The van der Waals surface area contributed by atoms with E-state index in [9.17, 15) is 4.79 Å². The Balaban J connectivity index is 2.17. The number of carbonyl (C=O) groups excluding carboxylic acids is 1. The Morgan fingerprint density at radius 1 is 1.47 bits per heavy atom. The molecule has 2 rings (SSSR count). The van der Waals surface area contributed by atoms with E-state index in [0.717, 1.165) is 35.1 Å². The van der Waals surface area contributed by atoms with E-state index in [0.29, 0.717) is 5.41 Å². The van der Waals surface area contributed by atoms with Crippen molar-refractivity contribution in [1.82, 2.24) is 4.98 Å². The second-order valence-corrected chi connectivity index (χ2v) is 5.95. The van der Waals surface area contributed by atoms with E-state index >= 15 is 0 Å². The van der Waals surface area contributed by atoms with Crippen LogP contribution < -0.4 is 4.90 Å². The van der Waals surface area contributed by atoms with Gasteiger partial charge in [-0.05, 0) is 31.6 Å². The predicted molar refractivity (Wildman–Crippen MR) is 72.1 cm³/mol. The lowest BCUT2D eigenvalue weighted by Crippen LogP contribution is -2.25. The van der Waals surface area contributed by atoms with Gasteiger partial charge in [-0.25, -0.2) is 4.98 Å². The normalized spacial score (nSPS) is 18.6. The molecule has 0 unspecified atom stereocenters. The van der Waals surface area contributed by atoms with Gasteiger partial charge >= 0.3 is 0 Å². The van der Waals surface area contributed by atoms with Crippen LogP contribution in [0.15, 0.2) is 0 Å². The molecule has 3 nitrogen and oxygen atoms in total. The number of nitrogens with zero attached hydrogens (tertiary/aromatic N) is 2. The Labute approximate surface area is 107 Å². The quantitative estimate of drug-likeness (QED) is 0.771. The molecule has 0 bridgehead atoms. The second kappa shape index (κ2) is 4.77. The molecule has 1 aliphatic heterocycles. The highest BCUT2D eigenvalue weighted by Gasteiger charge is 2.36. The van der Waals surface area contributed by atoms with Crippen molar-refractivity contribution in [3.63, 3.8) is 0 Å². The summed E-state index contributed by atoms with van der Waals surface area (Å²) in [5.74, 6) is 0. The summed E-state index contributed by atoms with van der Waals surface area (Å²) in [7, 11) is 0. The van der Waals surface area contributed by atoms with Crippen LogP contribution in [0.5, 0.6) is 0 Å². The van der Waals surface area contributed by atoms with Crippen molar-refractivity contribution in [3.05, 3.63) is 10.6 Å². The Hall–Kier alpha value is -0.900. The summed E-state index contributed by atoms with van der Waals surface area (Å²) in [5, 5.41) is 1.02.